The largest absolute Gasteiger partial charge is 0.464 e. The van der Waals surface area contributed by atoms with Crippen LogP contribution in [0.2, 0.25) is 0 Å². The number of benzene rings is 2. The van der Waals surface area contributed by atoms with E-state index in [-0.39, 0.29) is 29.3 Å². The third-order valence-corrected chi connectivity index (χ3v) is 3.97. The molecule has 0 unspecified atom stereocenters. The maximum atomic E-state index is 14.2. The van der Waals surface area contributed by atoms with Crippen molar-refractivity contribution >= 4 is 23.1 Å². The van der Waals surface area contributed by atoms with Crippen LogP contribution in [-0.2, 0) is 30.7 Å². The Morgan fingerprint density at radius 3 is 2.23 bits per heavy atom. The van der Waals surface area contributed by atoms with Crippen LogP contribution in [0.3, 0.4) is 0 Å². The number of halogens is 2. The molecule has 8 nitrogen and oxygen atoms in total. The van der Waals surface area contributed by atoms with Gasteiger partial charge in [-0.3, -0.25) is 0 Å². The van der Waals surface area contributed by atoms with E-state index < -0.39 is 17.6 Å². The van der Waals surface area contributed by atoms with E-state index in [1.54, 1.807) is 24.3 Å². The first-order valence-corrected chi connectivity index (χ1v) is 8.94. The second kappa shape index (κ2) is 11.4. The zero-order chi connectivity index (χ0) is 22.8. The lowest BCUT2D eigenvalue weighted by Gasteiger charge is -2.10. The molecule has 0 radical (unpaired) electrons. The molecule has 164 valence electrons. The Morgan fingerprint density at radius 1 is 0.903 bits per heavy atom. The van der Waals surface area contributed by atoms with Gasteiger partial charge >= 0.3 is 5.97 Å². The van der Waals surface area contributed by atoms with Gasteiger partial charge in [-0.05, 0) is 19.1 Å². The maximum Gasteiger partial charge on any atom is 0.360 e. The molecule has 0 saturated heterocycles. The number of nitrogens with zero attached hydrogens (tertiary/aromatic N) is 3. The van der Waals surface area contributed by atoms with E-state index >= 15 is 0 Å². The van der Waals surface area contributed by atoms with Gasteiger partial charge in [-0.1, -0.05) is 39.7 Å². The van der Waals surface area contributed by atoms with Crippen LogP contribution in [0.25, 0.3) is 0 Å². The average molecular weight is 433 g/mol. The van der Waals surface area contributed by atoms with Gasteiger partial charge < -0.3 is 19.2 Å². The second-order valence-corrected chi connectivity index (χ2v) is 5.97. The van der Waals surface area contributed by atoms with Gasteiger partial charge in [0.1, 0.15) is 43.9 Å². The fourth-order valence-electron chi connectivity index (χ4n) is 2.59. The molecule has 0 aliphatic carbocycles. The quantitative estimate of drug-likeness (QED) is 0.343. The number of ether oxygens (including phenoxy) is 1. The fourth-order valence-corrected chi connectivity index (χ4v) is 2.59. The van der Waals surface area contributed by atoms with Crippen LogP contribution >= 0.6 is 0 Å². The number of hydrogen-bond acceptors (Lipinski definition) is 8. The van der Waals surface area contributed by atoms with Crippen molar-refractivity contribution in [2.45, 2.75) is 13.5 Å². The Kier molecular flexibility index (Phi) is 8.62. The highest BCUT2D eigenvalue weighted by Crippen LogP contribution is 2.15. The van der Waals surface area contributed by atoms with Crippen LogP contribution in [0.4, 0.5) is 8.78 Å². The first-order chi connectivity index (χ1) is 14.9. The lowest BCUT2D eigenvalue weighted by Crippen LogP contribution is -2.19. The highest BCUT2D eigenvalue weighted by atomic mass is 19.1. The van der Waals surface area contributed by atoms with Gasteiger partial charge in [0.05, 0.1) is 7.11 Å². The molecule has 0 fully saturated rings. The Bertz CT molecular complexity index is 1020. The van der Waals surface area contributed by atoms with Crippen molar-refractivity contribution in [1.82, 2.24) is 0 Å². The number of oxime groups is 3. The van der Waals surface area contributed by atoms with E-state index in [1.807, 2.05) is 0 Å². The fraction of sp³-hybridized carbons (Fsp3) is 0.238. The molecule has 2 aromatic carbocycles. The predicted octanol–water partition coefficient (Wildman–Crippen LogP) is 3.43. The van der Waals surface area contributed by atoms with E-state index in [0.29, 0.717) is 11.1 Å². The summed E-state index contributed by atoms with van der Waals surface area (Å²) in [6.45, 7) is 1.47. The smallest absolute Gasteiger partial charge is 0.360 e. The van der Waals surface area contributed by atoms with E-state index in [1.165, 1.54) is 34.3 Å². The van der Waals surface area contributed by atoms with Crippen molar-refractivity contribution < 1.29 is 32.8 Å². The Balaban J connectivity index is 2.28. The molecule has 0 aromatic heterocycles. The lowest BCUT2D eigenvalue weighted by molar-refractivity contribution is -0.132. The highest BCUT2D eigenvalue weighted by Gasteiger charge is 2.20. The van der Waals surface area contributed by atoms with Crippen molar-refractivity contribution in [3.8, 4) is 0 Å². The van der Waals surface area contributed by atoms with Gasteiger partial charge in [0.25, 0.3) is 0 Å². The molecular formula is C21H21F2N3O5. The topological polar surface area (TPSA) is 91.1 Å². The van der Waals surface area contributed by atoms with Crippen LogP contribution in [0.5, 0.6) is 0 Å². The summed E-state index contributed by atoms with van der Waals surface area (Å²) in [6, 6.07) is 9.86. The van der Waals surface area contributed by atoms with Crippen molar-refractivity contribution in [3.63, 3.8) is 0 Å². The maximum absolute atomic E-state index is 14.2. The minimum absolute atomic E-state index is 0.00583. The summed E-state index contributed by atoms with van der Waals surface area (Å²) in [5.41, 5.74) is 1.17. The molecule has 2 rings (SSSR count). The third-order valence-electron chi connectivity index (χ3n) is 3.97. The molecule has 0 bridgehead atoms. The Morgan fingerprint density at radius 2 is 1.58 bits per heavy atom. The standard InChI is InChI=1S/C21H21F2N3O5/c1-13(19(25-29-3)17-10-9-15(22)11-18(17)23)24-31-12-14-7-5-6-8-16(14)20(26-30-4)21(27)28-2/h5-11H,12H2,1-4H3/b24-13+,25-19+,26-20-. The molecule has 0 heterocycles. The predicted molar refractivity (Wildman–Crippen MR) is 110 cm³/mol. The second-order valence-electron chi connectivity index (χ2n) is 5.97. The third kappa shape index (κ3) is 6.08. The van der Waals surface area contributed by atoms with Crippen molar-refractivity contribution in [3.05, 3.63) is 70.8 Å². The summed E-state index contributed by atoms with van der Waals surface area (Å²) in [5, 5.41) is 11.4. The van der Waals surface area contributed by atoms with Gasteiger partial charge in [0.15, 0.2) is 5.71 Å². The number of methoxy groups -OCH3 is 1. The molecule has 0 saturated carbocycles. The van der Waals surface area contributed by atoms with Gasteiger partial charge in [-0.25, -0.2) is 13.6 Å². The summed E-state index contributed by atoms with van der Waals surface area (Å²) in [6.07, 6.45) is 0. The molecule has 2 aromatic rings. The van der Waals surface area contributed by atoms with E-state index in [2.05, 4.69) is 15.5 Å². The van der Waals surface area contributed by atoms with Gasteiger partial charge in [-0.2, -0.15) is 0 Å². The molecule has 0 aliphatic heterocycles. The molecular weight excluding hydrogens is 412 g/mol. The van der Waals surface area contributed by atoms with E-state index in [4.69, 9.17) is 19.2 Å². The van der Waals surface area contributed by atoms with Gasteiger partial charge in [0.2, 0.25) is 0 Å². The van der Waals surface area contributed by atoms with E-state index in [9.17, 15) is 13.6 Å². The normalized spacial score (nSPS) is 12.4. The molecule has 0 N–H and O–H groups in total. The molecule has 31 heavy (non-hydrogen) atoms. The van der Waals surface area contributed by atoms with Crippen LogP contribution in [0.1, 0.15) is 23.6 Å². The lowest BCUT2D eigenvalue weighted by atomic mass is 10.0. The summed E-state index contributed by atoms with van der Waals surface area (Å²) in [7, 11) is 3.82. The zero-order valence-corrected chi connectivity index (χ0v) is 17.4. The summed E-state index contributed by atoms with van der Waals surface area (Å²) in [5.74, 6) is -2.23. The number of hydrogen-bond donors (Lipinski definition) is 0. The van der Waals surface area contributed by atoms with Crippen LogP contribution in [0.15, 0.2) is 57.9 Å². The van der Waals surface area contributed by atoms with Gasteiger partial charge in [0, 0.05) is 22.8 Å². The number of carbonyl (C=O) groups is 1. The molecule has 0 atom stereocenters. The molecule has 0 aliphatic rings. The van der Waals surface area contributed by atoms with Crippen molar-refractivity contribution in [1.29, 1.82) is 0 Å². The van der Waals surface area contributed by atoms with Crippen molar-refractivity contribution in [2.75, 3.05) is 21.3 Å². The average Bonchev–Trinajstić information content (AvgIpc) is 2.76. The summed E-state index contributed by atoms with van der Waals surface area (Å²) in [4.78, 5) is 26.9. The van der Waals surface area contributed by atoms with Crippen LogP contribution < -0.4 is 0 Å². The highest BCUT2D eigenvalue weighted by molar-refractivity contribution is 6.47. The van der Waals surface area contributed by atoms with Crippen LogP contribution in [0, 0.1) is 11.6 Å². The van der Waals surface area contributed by atoms with Gasteiger partial charge in [-0.15, -0.1) is 0 Å². The van der Waals surface area contributed by atoms with Crippen molar-refractivity contribution in [2.24, 2.45) is 15.5 Å². The van der Waals surface area contributed by atoms with Crippen LogP contribution in [-0.4, -0.2) is 44.4 Å². The number of rotatable bonds is 9. The number of esters is 1. The summed E-state index contributed by atoms with van der Waals surface area (Å²) >= 11 is 0. The first-order valence-electron chi connectivity index (χ1n) is 8.94. The Labute approximate surface area is 177 Å². The summed E-state index contributed by atoms with van der Waals surface area (Å²) < 4.78 is 32.1. The first kappa shape index (κ1) is 23.5. The molecule has 0 spiro atoms. The molecule has 0 amide bonds. The number of carbonyl (C=O) groups excluding carboxylic acids is 1. The molecule has 10 heteroatoms. The monoisotopic (exact) mass is 433 g/mol. The minimum Gasteiger partial charge on any atom is -0.464 e. The SMILES string of the molecule is CO/N=C(\C(C)=N\OCc1ccccc1/C(=N/OC)C(=O)OC)c1ccc(F)cc1F. The van der Waals surface area contributed by atoms with E-state index in [0.717, 1.165) is 12.1 Å². The minimum atomic E-state index is -0.825. The zero-order valence-electron chi connectivity index (χ0n) is 17.4. The Hall–Kier alpha value is -3.82.